The first-order valence-electron chi connectivity index (χ1n) is 9.48. The first-order chi connectivity index (χ1) is 13.6. The zero-order valence-electron chi connectivity index (χ0n) is 16.1. The molecule has 3 N–H and O–H groups in total. The Balaban J connectivity index is 1.93. The van der Waals surface area contributed by atoms with Crippen molar-refractivity contribution in [1.29, 1.82) is 0 Å². The molecule has 0 saturated carbocycles. The third-order valence-electron chi connectivity index (χ3n) is 4.03. The quantitative estimate of drug-likeness (QED) is 0.441. The highest BCUT2D eigenvalue weighted by Crippen LogP contribution is 2.34. The van der Waals surface area contributed by atoms with Gasteiger partial charge in [0.15, 0.2) is 11.5 Å². The Morgan fingerprint density at radius 3 is 2.43 bits per heavy atom. The number of nitrogens with one attached hydrogen (secondary N) is 2. The van der Waals surface area contributed by atoms with E-state index < -0.39 is 0 Å². The van der Waals surface area contributed by atoms with E-state index in [4.69, 9.17) is 26.2 Å². The van der Waals surface area contributed by atoms with Gasteiger partial charge in [0.25, 0.3) is 0 Å². The van der Waals surface area contributed by atoms with Gasteiger partial charge in [0, 0.05) is 24.2 Å². The van der Waals surface area contributed by atoms with E-state index in [0.29, 0.717) is 42.8 Å². The fourth-order valence-corrected chi connectivity index (χ4v) is 2.82. The van der Waals surface area contributed by atoms with Gasteiger partial charge in [-0.05, 0) is 55.8 Å². The molecule has 7 heteroatoms. The fourth-order valence-electron chi connectivity index (χ4n) is 2.60. The smallest absolute Gasteiger partial charge is 0.163 e. The molecule has 0 bridgehead atoms. The van der Waals surface area contributed by atoms with Crippen molar-refractivity contribution in [3.63, 3.8) is 0 Å². The first-order valence-corrected chi connectivity index (χ1v) is 9.86. The minimum atomic E-state index is -0.275. The van der Waals surface area contributed by atoms with Crippen molar-refractivity contribution in [1.82, 2.24) is 10.6 Å². The molecule has 0 spiro atoms. The fraction of sp³-hybridized carbons (Fsp3) is 0.429. The van der Waals surface area contributed by atoms with Crippen LogP contribution in [0.2, 0.25) is 5.02 Å². The molecule has 0 aliphatic carbocycles. The van der Waals surface area contributed by atoms with Gasteiger partial charge in [-0.3, -0.25) is 0 Å². The predicted octanol–water partition coefficient (Wildman–Crippen LogP) is 3.52. The van der Waals surface area contributed by atoms with Gasteiger partial charge in [0.05, 0.1) is 13.2 Å². The van der Waals surface area contributed by atoms with Crippen molar-refractivity contribution < 1.29 is 19.0 Å². The lowest BCUT2D eigenvalue weighted by atomic mass is 10.2. The summed E-state index contributed by atoms with van der Waals surface area (Å²) in [6, 6.07) is 9.83. The molecular weight excluding hydrogens is 383 g/mol. The van der Waals surface area contributed by atoms with Crippen molar-refractivity contribution in [3.05, 3.63) is 58.4 Å². The van der Waals surface area contributed by atoms with E-state index in [9.17, 15) is 4.39 Å². The maximum absolute atomic E-state index is 13.0. The summed E-state index contributed by atoms with van der Waals surface area (Å²) < 4.78 is 24.6. The Morgan fingerprint density at radius 2 is 1.71 bits per heavy atom. The minimum absolute atomic E-state index is 0.152. The zero-order valence-corrected chi connectivity index (χ0v) is 16.9. The summed E-state index contributed by atoms with van der Waals surface area (Å²) in [5.41, 5.74) is 1.79. The van der Waals surface area contributed by atoms with Crippen molar-refractivity contribution in [2.45, 2.75) is 26.5 Å². The van der Waals surface area contributed by atoms with Crippen LogP contribution >= 0.6 is 11.6 Å². The number of hydrogen-bond donors (Lipinski definition) is 3. The van der Waals surface area contributed by atoms with Crippen LogP contribution in [0.15, 0.2) is 36.4 Å². The highest BCUT2D eigenvalue weighted by molar-refractivity contribution is 6.31. The number of aliphatic hydroxyl groups is 1. The lowest BCUT2D eigenvalue weighted by Crippen LogP contribution is -2.24. The van der Waals surface area contributed by atoms with Crippen molar-refractivity contribution in [3.8, 4) is 11.5 Å². The van der Waals surface area contributed by atoms with E-state index in [0.717, 1.165) is 30.6 Å². The molecule has 0 heterocycles. The van der Waals surface area contributed by atoms with Gasteiger partial charge in [0.2, 0.25) is 0 Å². The minimum Gasteiger partial charge on any atom is -0.490 e. The van der Waals surface area contributed by atoms with Crippen LogP contribution in [-0.2, 0) is 13.2 Å². The Kier molecular flexibility index (Phi) is 10.1. The molecule has 0 radical (unpaired) electrons. The van der Waals surface area contributed by atoms with Gasteiger partial charge >= 0.3 is 0 Å². The molecule has 0 aliphatic heterocycles. The van der Waals surface area contributed by atoms with Crippen LogP contribution in [0, 0.1) is 5.82 Å². The first kappa shape index (κ1) is 22.4. The molecule has 0 atom stereocenters. The van der Waals surface area contributed by atoms with Crippen LogP contribution in [0.1, 0.15) is 24.5 Å². The number of hydrogen-bond acceptors (Lipinski definition) is 5. The largest absolute Gasteiger partial charge is 0.490 e. The number of benzene rings is 2. The summed E-state index contributed by atoms with van der Waals surface area (Å²) in [6.45, 7) is 5.80. The van der Waals surface area contributed by atoms with Gasteiger partial charge in [0.1, 0.15) is 12.4 Å². The van der Waals surface area contributed by atoms with Gasteiger partial charge in [-0.1, -0.05) is 23.7 Å². The predicted molar refractivity (Wildman–Crippen MR) is 110 cm³/mol. The zero-order chi connectivity index (χ0) is 20.2. The van der Waals surface area contributed by atoms with Crippen molar-refractivity contribution >= 4 is 11.6 Å². The molecule has 0 saturated heterocycles. The molecule has 5 nitrogen and oxygen atoms in total. The van der Waals surface area contributed by atoms with E-state index in [2.05, 4.69) is 10.6 Å². The number of halogens is 2. The Morgan fingerprint density at radius 1 is 1.00 bits per heavy atom. The molecule has 2 rings (SSSR count). The van der Waals surface area contributed by atoms with Gasteiger partial charge < -0.3 is 25.2 Å². The molecule has 2 aromatic rings. The van der Waals surface area contributed by atoms with Crippen molar-refractivity contribution in [2.24, 2.45) is 0 Å². The maximum Gasteiger partial charge on any atom is 0.163 e. The SMILES string of the molecule is CCOc1cc(CNCCCNCCO)c(Cl)cc1OCc1ccc(F)cc1. The molecular formula is C21H28ClFN2O3. The Hall–Kier alpha value is -1.86. The summed E-state index contributed by atoms with van der Waals surface area (Å²) in [5.74, 6) is 0.923. The van der Waals surface area contributed by atoms with E-state index in [-0.39, 0.29) is 12.4 Å². The molecule has 0 unspecified atom stereocenters. The molecule has 28 heavy (non-hydrogen) atoms. The lowest BCUT2D eigenvalue weighted by molar-refractivity contribution is 0.269. The van der Waals surface area contributed by atoms with Crippen LogP contribution in [0.3, 0.4) is 0 Å². The molecule has 0 fully saturated rings. The molecule has 0 aliphatic rings. The third-order valence-corrected chi connectivity index (χ3v) is 4.38. The van der Waals surface area contributed by atoms with Crippen LogP contribution in [-0.4, -0.2) is 38.0 Å². The summed E-state index contributed by atoms with van der Waals surface area (Å²) in [5, 5.41) is 15.8. The molecule has 2 aromatic carbocycles. The number of rotatable bonds is 13. The summed E-state index contributed by atoms with van der Waals surface area (Å²) in [4.78, 5) is 0. The average molecular weight is 411 g/mol. The second-order valence-electron chi connectivity index (χ2n) is 6.24. The number of ether oxygens (including phenoxy) is 2. The standard InChI is InChI=1S/C21H28ClFN2O3/c1-2-27-20-12-17(14-25-9-3-8-24-10-11-26)19(22)13-21(20)28-15-16-4-6-18(23)7-5-16/h4-7,12-13,24-26H,2-3,8-11,14-15H2,1H3. The van der Waals surface area contributed by atoms with E-state index in [1.807, 2.05) is 13.0 Å². The lowest BCUT2D eigenvalue weighted by Gasteiger charge is -2.15. The second kappa shape index (κ2) is 12.6. The second-order valence-corrected chi connectivity index (χ2v) is 6.65. The van der Waals surface area contributed by atoms with Gasteiger partial charge in [-0.25, -0.2) is 4.39 Å². The van der Waals surface area contributed by atoms with Gasteiger partial charge in [-0.2, -0.15) is 0 Å². The highest BCUT2D eigenvalue weighted by atomic mass is 35.5. The normalized spacial score (nSPS) is 10.9. The highest BCUT2D eigenvalue weighted by Gasteiger charge is 2.11. The van der Waals surface area contributed by atoms with Crippen LogP contribution < -0.4 is 20.1 Å². The van der Waals surface area contributed by atoms with Gasteiger partial charge in [-0.15, -0.1) is 0 Å². The Bertz CT molecular complexity index is 714. The topological polar surface area (TPSA) is 62.8 Å². The maximum atomic E-state index is 13.0. The van der Waals surface area contributed by atoms with Crippen LogP contribution in [0.25, 0.3) is 0 Å². The van der Waals surface area contributed by atoms with Crippen molar-refractivity contribution in [2.75, 3.05) is 32.8 Å². The van der Waals surface area contributed by atoms with Crippen LogP contribution in [0.5, 0.6) is 11.5 Å². The van der Waals surface area contributed by atoms with Crippen LogP contribution in [0.4, 0.5) is 4.39 Å². The summed E-state index contributed by atoms with van der Waals surface area (Å²) in [7, 11) is 0. The number of aliphatic hydroxyl groups excluding tert-OH is 1. The molecule has 0 aromatic heterocycles. The van der Waals surface area contributed by atoms with E-state index >= 15 is 0 Å². The monoisotopic (exact) mass is 410 g/mol. The summed E-state index contributed by atoms with van der Waals surface area (Å²) in [6.07, 6.45) is 0.953. The molecule has 154 valence electrons. The third kappa shape index (κ3) is 7.64. The summed E-state index contributed by atoms with van der Waals surface area (Å²) >= 11 is 6.42. The Labute approximate surface area is 170 Å². The molecule has 0 amide bonds. The van der Waals surface area contributed by atoms with E-state index in [1.165, 1.54) is 12.1 Å². The van der Waals surface area contributed by atoms with E-state index in [1.54, 1.807) is 18.2 Å². The average Bonchev–Trinajstić information content (AvgIpc) is 2.69.